The van der Waals surface area contributed by atoms with E-state index in [9.17, 15) is 9.59 Å². The second-order valence-electron chi connectivity index (χ2n) is 10.5. The highest BCUT2D eigenvalue weighted by atomic mass is 16.6. The lowest BCUT2D eigenvalue weighted by Crippen LogP contribution is -2.49. The molecule has 0 radical (unpaired) electrons. The summed E-state index contributed by atoms with van der Waals surface area (Å²) in [4.78, 5) is 33.4. The lowest BCUT2D eigenvalue weighted by Gasteiger charge is -2.37. The Labute approximate surface area is 218 Å². The second-order valence-corrected chi connectivity index (χ2v) is 10.5. The quantitative estimate of drug-likeness (QED) is 0.441. The predicted octanol–water partition coefficient (Wildman–Crippen LogP) is 4.91. The number of nitrogens with zero attached hydrogens (tertiary/aromatic N) is 5. The lowest BCUT2D eigenvalue weighted by molar-refractivity contribution is 0.0181. The van der Waals surface area contributed by atoms with Crippen LogP contribution in [0.4, 0.5) is 4.79 Å². The SMILES string of the molecule is C=C(c1ncc(-c2cc3cc(C(=O)OC(C)C)ccn3c2)n1CC)N1CCN(C(=O)OC(C)(C)C)CC1. The average Bonchev–Trinajstić information content (AvgIpc) is 3.45. The third-order valence-corrected chi connectivity index (χ3v) is 6.21. The highest BCUT2D eigenvalue weighted by molar-refractivity contribution is 5.91. The van der Waals surface area contributed by atoms with Crippen LogP contribution in [0.5, 0.6) is 0 Å². The summed E-state index contributed by atoms with van der Waals surface area (Å²) in [7, 11) is 0. The zero-order chi connectivity index (χ0) is 26.9. The van der Waals surface area contributed by atoms with Gasteiger partial charge in [0.25, 0.3) is 0 Å². The molecule has 0 N–H and O–H groups in total. The van der Waals surface area contributed by atoms with E-state index in [1.54, 1.807) is 11.0 Å². The Bertz CT molecular complexity index is 1310. The van der Waals surface area contributed by atoms with E-state index in [-0.39, 0.29) is 18.2 Å². The summed E-state index contributed by atoms with van der Waals surface area (Å²) in [6.07, 6.45) is 5.31. The number of rotatable bonds is 6. The largest absolute Gasteiger partial charge is 0.459 e. The number of fused-ring (bicyclic) bond motifs is 1. The molecular formula is C28H37N5O4. The minimum absolute atomic E-state index is 0.170. The van der Waals surface area contributed by atoms with Crippen LogP contribution >= 0.6 is 0 Å². The third-order valence-electron chi connectivity index (χ3n) is 6.21. The maximum atomic E-state index is 12.4. The normalized spacial score (nSPS) is 14.4. The van der Waals surface area contributed by atoms with Crippen LogP contribution in [-0.4, -0.2) is 73.7 Å². The van der Waals surface area contributed by atoms with E-state index in [1.165, 1.54) is 0 Å². The molecule has 0 spiro atoms. The van der Waals surface area contributed by atoms with Gasteiger partial charge in [-0.3, -0.25) is 0 Å². The topological polar surface area (TPSA) is 81.3 Å². The molecule has 1 aliphatic rings. The standard InChI is InChI=1S/C28H37N5O4/c1-8-33-24(22-16-23-15-21(9-10-32(23)18-22)26(34)36-19(2)3)17-29-25(33)20(4)30-11-13-31(14-12-30)27(35)37-28(5,6)7/h9-10,15-19H,4,8,11-14H2,1-3,5-7H3. The fourth-order valence-corrected chi connectivity index (χ4v) is 4.44. The number of carbonyl (C=O) groups excluding carboxylic acids is 2. The molecule has 0 aromatic carbocycles. The Morgan fingerprint density at radius 1 is 1.11 bits per heavy atom. The molecule has 3 aromatic rings. The van der Waals surface area contributed by atoms with Crippen molar-refractivity contribution in [1.82, 2.24) is 23.8 Å². The summed E-state index contributed by atoms with van der Waals surface area (Å²) in [6.45, 7) is 18.9. The van der Waals surface area contributed by atoms with Crippen molar-refractivity contribution in [2.24, 2.45) is 0 Å². The number of amides is 1. The van der Waals surface area contributed by atoms with Gasteiger partial charge in [0, 0.05) is 56.2 Å². The summed E-state index contributed by atoms with van der Waals surface area (Å²) in [5.41, 5.74) is 3.71. The molecule has 1 fully saturated rings. The number of aromatic nitrogens is 3. The van der Waals surface area contributed by atoms with Gasteiger partial charge in [0.1, 0.15) is 5.60 Å². The van der Waals surface area contributed by atoms with Gasteiger partial charge in [0.2, 0.25) is 0 Å². The fraction of sp³-hybridized carbons (Fsp3) is 0.464. The molecule has 0 aliphatic carbocycles. The zero-order valence-electron chi connectivity index (χ0n) is 22.7. The highest BCUT2D eigenvalue weighted by Gasteiger charge is 2.28. The first-order chi connectivity index (χ1) is 17.5. The number of ether oxygens (including phenoxy) is 2. The number of pyridine rings is 1. The first-order valence-electron chi connectivity index (χ1n) is 12.8. The molecule has 3 aromatic heterocycles. The molecule has 1 saturated heterocycles. The number of carbonyl (C=O) groups is 2. The third kappa shape index (κ3) is 5.81. The van der Waals surface area contributed by atoms with Crippen molar-refractivity contribution >= 4 is 23.3 Å². The van der Waals surface area contributed by atoms with Crippen LogP contribution in [0.1, 0.15) is 57.7 Å². The van der Waals surface area contributed by atoms with Crippen molar-refractivity contribution in [3.05, 3.63) is 54.8 Å². The average molecular weight is 508 g/mol. The number of imidazole rings is 1. The van der Waals surface area contributed by atoms with E-state index in [2.05, 4.69) is 23.0 Å². The van der Waals surface area contributed by atoms with Gasteiger partial charge in [-0.1, -0.05) is 6.58 Å². The van der Waals surface area contributed by atoms with Crippen LogP contribution in [-0.2, 0) is 16.0 Å². The second kappa shape index (κ2) is 10.3. The molecule has 198 valence electrons. The van der Waals surface area contributed by atoms with Crippen molar-refractivity contribution < 1.29 is 19.1 Å². The molecule has 1 amide bonds. The van der Waals surface area contributed by atoms with Gasteiger partial charge in [-0.2, -0.15) is 0 Å². The highest BCUT2D eigenvalue weighted by Crippen LogP contribution is 2.28. The Hall–Kier alpha value is -3.75. The molecule has 4 rings (SSSR count). The Morgan fingerprint density at radius 3 is 2.41 bits per heavy atom. The summed E-state index contributed by atoms with van der Waals surface area (Å²) < 4.78 is 15.0. The summed E-state index contributed by atoms with van der Waals surface area (Å²) >= 11 is 0. The minimum atomic E-state index is -0.511. The number of hydrogen-bond donors (Lipinski definition) is 0. The monoisotopic (exact) mass is 507 g/mol. The van der Waals surface area contributed by atoms with Crippen LogP contribution < -0.4 is 0 Å². The number of piperazine rings is 1. The van der Waals surface area contributed by atoms with E-state index < -0.39 is 5.60 Å². The first-order valence-corrected chi connectivity index (χ1v) is 12.8. The minimum Gasteiger partial charge on any atom is -0.459 e. The molecule has 1 aliphatic heterocycles. The smallest absolute Gasteiger partial charge is 0.410 e. The molecule has 9 heteroatoms. The molecule has 0 saturated carbocycles. The van der Waals surface area contributed by atoms with E-state index in [0.29, 0.717) is 31.7 Å². The lowest BCUT2D eigenvalue weighted by atomic mass is 10.2. The van der Waals surface area contributed by atoms with Crippen molar-refractivity contribution in [3.63, 3.8) is 0 Å². The van der Waals surface area contributed by atoms with Gasteiger partial charge in [0.05, 0.1) is 29.3 Å². The molecule has 9 nitrogen and oxygen atoms in total. The van der Waals surface area contributed by atoms with Crippen LogP contribution in [0.2, 0.25) is 0 Å². The van der Waals surface area contributed by atoms with Gasteiger partial charge in [-0.05, 0) is 59.7 Å². The summed E-state index contributed by atoms with van der Waals surface area (Å²) in [6, 6.07) is 5.65. The predicted molar refractivity (Wildman–Crippen MR) is 143 cm³/mol. The Morgan fingerprint density at radius 2 is 1.78 bits per heavy atom. The van der Waals surface area contributed by atoms with E-state index in [0.717, 1.165) is 34.8 Å². The number of esters is 1. The Kier molecular flexibility index (Phi) is 7.34. The van der Waals surface area contributed by atoms with E-state index in [4.69, 9.17) is 14.5 Å². The van der Waals surface area contributed by atoms with E-state index >= 15 is 0 Å². The first kappa shape index (κ1) is 26.3. The number of hydrogen-bond acceptors (Lipinski definition) is 6. The maximum Gasteiger partial charge on any atom is 0.410 e. The Balaban J connectivity index is 1.51. The molecule has 0 unspecified atom stereocenters. The van der Waals surface area contributed by atoms with Crippen molar-refractivity contribution in [1.29, 1.82) is 0 Å². The van der Waals surface area contributed by atoms with Crippen molar-refractivity contribution in [2.45, 2.75) is 59.8 Å². The summed E-state index contributed by atoms with van der Waals surface area (Å²) in [5.74, 6) is 0.476. The van der Waals surface area contributed by atoms with Gasteiger partial charge < -0.3 is 28.2 Å². The molecule has 0 bridgehead atoms. The van der Waals surface area contributed by atoms with Gasteiger partial charge in [0.15, 0.2) is 5.82 Å². The maximum absolute atomic E-state index is 12.4. The van der Waals surface area contributed by atoms with Crippen LogP contribution in [0.15, 0.2) is 43.4 Å². The van der Waals surface area contributed by atoms with Gasteiger partial charge >= 0.3 is 12.1 Å². The molecule has 4 heterocycles. The van der Waals surface area contributed by atoms with Crippen LogP contribution in [0, 0.1) is 0 Å². The van der Waals surface area contributed by atoms with Crippen molar-refractivity contribution in [2.75, 3.05) is 26.2 Å². The van der Waals surface area contributed by atoms with E-state index in [1.807, 2.05) is 69.7 Å². The summed E-state index contributed by atoms with van der Waals surface area (Å²) in [5, 5.41) is 0. The van der Waals surface area contributed by atoms with Crippen molar-refractivity contribution in [3.8, 4) is 11.3 Å². The molecule has 37 heavy (non-hydrogen) atoms. The van der Waals surface area contributed by atoms with Crippen LogP contribution in [0.25, 0.3) is 22.5 Å². The molecule has 0 atom stereocenters. The van der Waals surface area contributed by atoms with Crippen LogP contribution in [0.3, 0.4) is 0 Å². The van der Waals surface area contributed by atoms with Gasteiger partial charge in [-0.25, -0.2) is 14.6 Å². The van der Waals surface area contributed by atoms with Gasteiger partial charge in [-0.15, -0.1) is 0 Å². The fourth-order valence-electron chi connectivity index (χ4n) is 4.44. The molecular weight excluding hydrogens is 470 g/mol. The zero-order valence-corrected chi connectivity index (χ0v) is 22.7.